The zero-order valence-electron chi connectivity index (χ0n) is 17.2. The van der Waals surface area contributed by atoms with Gasteiger partial charge in [-0.3, -0.25) is 9.59 Å². The van der Waals surface area contributed by atoms with Crippen LogP contribution < -0.4 is 5.32 Å². The van der Waals surface area contributed by atoms with E-state index in [2.05, 4.69) is 5.32 Å². The Labute approximate surface area is 199 Å². The lowest BCUT2D eigenvalue weighted by molar-refractivity contribution is 0.0280. The third-order valence-electron chi connectivity index (χ3n) is 4.82. The first-order chi connectivity index (χ1) is 16.0. The molecule has 4 rings (SSSR count). The minimum absolute atomic E-state index is 0.155. The van der Waals surface area contributed by atoms with Gasteiger partial charge in [0.1, 0.15) is 0 Å². The van der Waals surface area contributed by atoms with Gasteiger partial charge in [0.15, 0.2) is 6.10 Å². The van der Waals surface area contributed by atoms with Crippen LogP contribution in [0.2, 0.25) is 5.02 Å². The zero-order chi connectivity index (χ0) is 23.2. The van der Waals surface area contributed by atoms with Crippen molar-refractivity contribution < 1.29 is 19.1 Å². The van der Waals surface area contributed by atoms with Gasteiger partial charge in [-0.2, -0.15) is 0 Å². The number of amides is 1. The largest absolute Gasteiger partial charge is 0.445 e. The smallest absolute Gasteiger partial charge is 0.339 e. The lowest BCUT2D eigenvalue weighted by atomic mass is 9.99. The number of thiophene rings is 1. The number of ketones is 1. The maximum absolute atomic E-state index is 13.2. The topological polar surface area (TPSA) is 72.5 Å². The van der Waals surface area contributed by atoms with Gasteiger partial charge in [-0.25, -0.2) is 4.79 Å². The minimum Gasteiger partial charge on any atom is -0.445 e. The van der Waals surface area contributed by atoms with Crippen molar-refractivity contribution in [1.29, 1.82) is 0 Å². The Balaban J connectivity index is 1.59. The van der Waals surface area contributed by atoms with E-state index in [9.17, 15) is 14.4 Å². The van der Waals surface area contributed by atoms with Gasteiger partial charge in [0, 0.05) is 11.1 Å². The molecular weight excluding hydrogens is 458 g/mol. The van der Waals surface area contributed by atoms with Crippen LogP contribution in [0.3, 0.4) is 0 Å². The van der Waals surface area contributed by atoms with Crippen LogP contribution in [0.1, 0.15) is 42.1 Å². The zero-order valence-corrected chi connectivity index (χ0v) is 18.8. The average Bonchev–Trinajstić information content (AvgIpc) is 3.40. The number of esters is 1. The first kappa shape index (κ1) is 22.5. The summed E-state index contributed by atoms with van der Waals surface area (Å²) in [4.78, 5) is 39.1. The van der Waals surface area contributed by atoms with Crippen molar-refractivity contribution in [1.82, 2.24) is 0 Å². The highest BCUT2D eigenvalue weighted by Gasteiger charge is 2.27. The molecule has 0 bridgehead atoms. The first-order valence-electron chi connectivity index (χ1n) is 10.0. The fourth-order valence-electron chi connectivity index (χ4n) is 3.17. The standard InChI is InChI=1S/C26H18ClNO4S/c27-20-14-13-19(16-21(20)28-25(30)22-12-7-15-33-22)26(31)32-24(18-10-5-2-6-11-18)23(29)17-8-3-1-4-9-17/h1-16,24H,(H,28,30). The monoisotopic (exact) mass is 475 g/mol. The van der Waals surface area contributed by atoms with Gasteiger partial charge in [0.25, 0.3) is 5.91 Å². The SMILES string of the molecule is O=C(OC(C(=O)c1ccccc1)c1ccccc1)c1ccc(Cl)c(NC(=O)c2cccs2)c1. The van der Waals surface area contributed by atoms with Gasteiger partial charge in [-0.1, -0.05) is 78.3 Å². The number of Topliss-reactive ketones (excluding diaryl/α,β-unsaturated/α-hetero) is 1. The lowest BCUT2D eigenvalue weighted by Gasteiger charge is -2.18. The summed E-state index contributed by atoms with van der Waals surface area (Å²) in [5.41, 5.74) is 1.41. The summed E-state index contributed by atoms with van der Waals surface area (Å²) in [6.45, 7) is 0. The maximum atomic E-state index is 13.2. The van der Waals surface area contributed by atoms with Crippen LogP contribution in [0.4, 0.5) is 5.69 Å². The van der Waals surface area contributed by atoms with Crippen molar-refractivity contribution in [3.05, 3.63) is 123 Å². The molecular formula is C26H18ClNO4S. The lowest BCUT2D eigenvalue weighted by Crippen LogP contribution is -2.20. The van der Waals surface area contributed by atoms with Gasteiger partial charge < -0.3 is 10.1 Å². The van der Waals surface area contributed by atoms with Crippen molar-refractivity contribution in [2.45, 2.75) is 6.10 Å². The summed E-state index contributed by atoms with van der Waals surface area (Å²) >= 11 is 7.51. The van der Waals surface area contributed by atoms with Gasteiger partial charge in [0.05, 0.1) is 21.2 Å². The van der Waals surface area contributed by atoms with Gasteiger partial charge in [-0.15, -0.1) is 11.3 Å². The number of hydrogen-bond acceptors (Lipinski definition) is 5. The number of carbonyl (C=O) groups excluding carboxylic acids is 3. The number of halogens is 1. The highest BCUT2D eigenvalue weighted by molar-refractivity contribution is 7.12. The van der Waals surface area contributed by atoms with Crippen LogP contribution in [0.5, 0.6) is 0 Å². The maximum Gasteiger partial charge on any atom is 0.339 e. The molecule has 3 aromatic carbocycles. The highest BCUT2D eigenvalue weighted by atomic mass is 35.5. The summed E-state index contributed by atoms with van der Waals surface area (Å²) in [5, 5.41) is 4.77. The second kappa shape index (κ2) is 10.3. The second-order valence-corrected chi connectivity index (χ2v) is 8.41. The molecule has 5 nitrogen and oxygen atoms in total. The quantitative estimate of drug-likeness (QED) is 0.247. The predicted octanol–water partition coefficient (Wildman–Crippen LogP) is 6.43. The summed E-state index contributed by atoms with van der Waals surface area (Å²) in [6.07, 6.45) is -1.12. The molecule has 1 N–H and O–H groups in total. The molecule has 0 fully saturated rings. The highest BCUT2D eigenvalue weighted by Crippen LogP contribution is 2.28. The van der Waals surface area contributed by atoms with Crippen LogP contribution in [0.25, 0.3) is 0 Å². The van der Waals surface area contributed by atoms with Crippen molar-refractivity contribution >= 4 is 46.3 Å². The number of nitrogens with one attached hydrogen (secondary N) is 1. The molecule has 1 unspecified atom stereocenters. The second-order valence-electron chi connectivity index (χ2n) is 7.05. The van der Waals surface area contributed by atoms with Crippen molar-refractivity contribution in [3.63, 3.8) is 0 Å². The normalized spacial score (nSPS) is 11.4. The molecule has 0 radical (unpaired) electrons. The molecule has 0 spiro atoms. The number of anilines is 1. The molecule has 0 aliphatic rings. The fourth-order valence-corrected chi connectivity index (χ4v) is 3.95. The number of ether oxygens (including phenoxy) is 1. The van der Waals surface area contributed by atoms with Crippen LogP contribution >= 0.6 is 22.9 Å². The Morgan fingerprint density at radius 2 is 1.52 bits per heavy atom. The van der Waals surface area contributed by atoms with Crippen molar-refractivity contribution in [2.75, 3.05) is 5.32 Å². The summed E-state index contributed by atoms with van der Waals surface area (Å²) in [7, 11) is 0. The minimum atomic E-state index is -1.12. The van der Waals surface area contributed by atoms with E-state index in [0.717, 1.165) is 0 Å². The molecule has 1 amide bonds. The number of hydrogen-bond donors (Lipinski definition) is 1. The molecule has 7 heteroatoms. The Morgan fingerprint density at radius 3 is 2.18 bits per heavy atom. The van der Waals surface area contributed by atoms with Crippen LogP contribution in [0, 0.1) is 0 Å². The van der Waals surface area contributed by atoms with E-state index < -0.39 is 12.1 Å². The molecule has 4 aromatic rings. The van der Waals surface area contributed by atoms with E-state index >= 15 is 0 Å². The molecule has 0 saturated heterocycles. The van der Waals surface area contributed by atoms with E-state index in [4.69, 9.17) is 16.3 Å². The third kappa shape index (κ3) is 5.37. The molecule has 0 aliphatic carbocycles. The van der Waals surface area contributed by atoms with Gasteiger partial charge in [0.2, 0.25) is 5.78 Å². The molecule has 0 aliphatic heterocycles. The fraction of sp³-hybridized carbons (Fsp3) is 0.0385. The Morgan fingerprint density at radius 1 is 0.818 bits per heavy atom. The van der Waals surface area contributed by atoms with E-state index in [1.54, 1.807) is 72.1 Å². The molecule has 1 atom stereocenters. The van der Waals surface area contributed by atoms with Crippen molar-refractivity contribution in [2.24, 2.45) is 0 Å². The molecule has 164 valence electrons. The first-order valence-corrected chi connectivity index (χ1v) is 11.3. The Bertz CT molecular complexity index is 1270. The third-order valence-corrected chi connectivity index (χ3v) is 6.02. The average molecular weight is 476 g/mol. The summed E-state index contributed by atoms with van der Waals surface area (Å²) < 4.78 is 5.67. The number of carbonyl (C=O) groups is 3. The van der Waals surface area contributed by atoms with E-state index in [-0.39, 0.29) is 28.0 Å². The summed E-state index contributed by atoms with van der Waals surface area (Å²) in [5.74, 6) is -1.38. The van der Waals surface area contributed by atoms with Gasteiger partial charge in [-0.05, 0) is 29.6 Å². The molecule has 1 heterocycles. The van der Waals surface area contributed by atoms with E-state index in [1.807, 2.05) is 6.07 Å². The molecule has 1 aromatic heterocycles. The Hall–Kier alpha value is -3.74. The van der Waals surface area contributed by atoms with Crippen molar-refractivity contribution in [3.8, 4) is 0 Å². The van der Waals surface area contributed by atoms with Crippen LogP contribution in [-0.2, 0) is 4.74 Å². The molecule has 0 saturated carbocycles. The van der Waals surface area contributed by atoms with Crippen LogP contribution in [-0.4, -0.2) is 17.7 Å². The number of rotatable bonds is 7. The molecule has 33 heavy (non-hydrogen) atoms. The van der Waals surface area contributed by atoms with E-state index in [1.165, 1.54) is 29.5 Å². The predicted molar refractivity (Wildman–Crippen MR) is 129 cm³/mol. The summed E-state index contributed by atoms with van der Waals surface area (Å²) in [6, 6.07) is 25.3. The van der Waals surface area contributed by atoms with E-state index in [0.29, 0.717) is 16.0 Å². The van der Waals surface area contributed by atoms with Gasteiger partial charge >= 0.3 is 5.97 Å². The Kier molecular flexibility index (Phi) is 6.98. The van der Waals surface area contributed by atoms with Crippen LogP contribution in [0.15, 0.2) is 96.4 Å². The number of benzene rings is 3.